The minimum Gasteiger partial charge on any atom is -0.375 e. The van der Waals surface area contributed by atoms with E-state index in [9.17, 15) is 0 Å². The maximum atomic E-state index is 5.58. The lowest BCUT2D eigenvalue weighted by Gasteiger charge is -2.12. The first-order valence-electron chi connectivity index (χ1n) is 5.24. The summed E-state index contributed by atoms with van der Waals surface area (Å²) in [6, 6.07) is 10.7. The van der Waals surface area contributed by atoms with E-state index < -0.39 is 0 Å². The number of benzene rings is 1. The second-order valence-electron chi connectivity index (χ2n) is 3.69. The maximum Gasteiger partial charge on any atom is 0.180 e. The van der Waals surface area contributed by atoms with Gasteiger partial charge in [-0.15, -0.1) is 11.3 Å². The predicted octanol–water partition coefficient (Wildman–Crippen LogP) is 2.58. The van der Waals surface area contributed by atoms with Crippen LogP contribution >= 0.6 is 11.3 Å². The van der Waals surface area contributed by atoms with Gasteiger partial charge < -0.3 is 11.1 Å². The maximum absolute atomic E-state index is 5.58. The van der Waals surface area contributed by atoms with Crippen LogP contribution in [0.5, 0.6) is 0 Å². The van der Waals surface area contributed by atoms with Crippen LogP contribution in [-0.2, 0) is 6.54 Å². The molecule has 3 N–H and O–H groups in total. The Morgan fingerprint density at radius 3 is 2.75 bits per heavy atom. The van der Waals surface area contributed by atoms with E-state index in [1.54, 1.807) is 0 Å². The lowest BCUT2D eigenvalue weighted by molar-refractivity contribution is 0.569. The van der Waals surface area contributed by atoms with E-state index in [4.69, 9.17) is 5.73 Å². The first kappa shape index (κ1) is 11.1. The number of nitrogens with zero attached hydrogens (tertiary/aromatic N) is 1. The van der Waals surface area contributed by atoms with Gasteiger partial charge in [0, 0.05) is 18.0 Å². The van der Waals surface area contributed by atoms with Gasteiger partial charge in [-0.3, -0.25) is 0 Å². The molecule has 0 spiro atoms. The molecule has 0 fully saturated rings. The quantitative estimate of drug-likeness (QED) is 0.853. The molecule has 1 atom stereocenters. The lowest BCUT2D eigenvalue weighted by atomic mass is 10.1. The molecule has 0 saturated carbocycles. The number of hydrogen-bond acceptors (Lipinski definition) is 4. The Hall–Kier alpha value is -1.39. The van der Waals surface area contributed by atoms with E-state index in [1.165, 1.54) is 16.9 Å². The highest BCUT2D eigenvalue weighted by Crippen LogP contribution is 2.14. The number of aromatic nitrogens is 1. The molecule has 0 amide bonds. The van der Waals surface area contributed by atoms with Gasteiger partial charge in [0.15, 0.2) is 5.13 Å². The van der Waals surface area contributed by atoms with Crippen LogP contribution in [0.25, 0.3) is 0 Å². The molecule has 1 unspecified atom stereocenters. The normalized spacial score (nSPS) is 12.6. The fraction of sp³-hybridized carbons (Fsp3) is 0.250. The SMILES string of the molecule is CC(NCc1csc(N)n1)c1ccccc1. The van der Waals surface area contributed by atoms with Crippen LogP contribution in [0.2, 0.25) is 0 Å². The molecular formula is C12H15N3S. The van der Waals surface area contributed by atoms with E-state index in [0.717, 1.165) is 12.2 Å². The zero-order valence-electron chi connectivity index (χ0n) is 9.18. The van der Waals surface area contributed by atoms with Crippen molar-refractivity contribution in [1.82, 2.24) is 10.3 Å². The zero-order chi connectivity index (χ0) is 11.4. The Bertz CT molecular complexity index is 439. The van der Waals surface area contributed by atoms with Crippen molar-refractivity contribution in [2.75, 3.05) is 5.73 Å². The van der Waals surface area contributed by atoms with Crippen LogP contribution in [-0.4, -0.2) is 4.98 Å². The smallest absolute Gasteiger partial charge is 0.180 e. The van der Waals surface area contributed by atoms with Crippen molar-refractivity contribution >= 4 is 16.5 Å². The van der Waals surface area contributed by atoms with E-state index in [1.807, 2.05) is 23.6 Å². The van der Waals surface area contributed by atoms with Crippen LogP contribution < -0.4 is 11.1 Å². The highest BCUT2D eigenvalue weighted by molar-refractivity contribution is 7.13. The third kappa shape index (κ3) is 2.81. The van der Waals surface area contributed by atoms with Crippen LogP contribution in [0.1, 0.15) is 24.2 Å². The Balaban J connectivity index is 1.91. The fourth-order valence-electron chi connectivity index (χ4n) is 1.52. The van der Waals surface area contributed by atoms with Crippen molar-refractivity contribution < 1.29 is 0 Å². The van der Waals surface area contributed by atoms with Crippen molar-refractivity contribution in [2.45, 2.75) is 19.5 Å². The summed E-state index contributed by atoms with van der Waals surface area (Å²) in [6.07, 6.45) is 0. The van der Waals surface area contributed by atoms with Gasteiger partial charge in [-0.1, -0.05) is 30.3 Å². The minimum absolute atomic E-state index is 0.323. The second-order valence-corrected chi connectivity index (χ2v) is 4.58. The number of nitrogens with two attached hydrogens (primary N) is 1. The molecule has 0 bridgehead atoms. The molecule has 0 saturated heterocycles. The van der Waals surface area contributed by atoms with Gasteiger partial charge in [0.1, 0.15) is 0 Å². The van der Waals surface area contributed by atoms with E-state index in [2.05, 4.69) is 29.4 Å². The summed E-state index contributed by atoms with van der Waals surface area (Å²) >= 11 is 1.48. The molecule has 0 aliphatic rings. The number of rotatable bonds is 4. The third-order valence-electron chi connectivity index (χ3n) is 2.46. The standard InChI is InChI=1S/C12H15N3S/c1-9(10-5-3-2-4-6-10)14-7-11-8-16-12(13)15-11/h2-6,8-9,14H,7H2,1H3,(H2,13,15). The topological polar surface area (TPSA) is 50.9 Å². The fourth-order valence-corrected chi connectivity index (χ4v) is 2.08. The highest BCUT2D eigenvalue weighted by Gasteiger charge is 2.05. The molecular weight excluding hydrogens is 218 g/mol. The molecule has 2 aromatic rings. The number of nitrogens with one attached hydrogen (secondary N) is 1. The van der Waals surface area contributed by atoms with Gasteiger partial charge in [-0.25, -0.2) is 4.98 Å². The summed E-state index contributed by atoms with van der Waals surface area (Å²) < 4.78 is 0. The van der Waals surface area contributed by atoms with Gasteiger partial charge in [0.25, 0.3) is 0 Å². The Kier molecular flexibility index (Phi) is 3.54. The van der Waals surface area contributed by atoms with Crippen LogP contribution in [0.4, 0.5) is 5.13 Å². The molecule has 4 heteroatoms. The van der Waals surface area contributed by atoms with Crippen molar-refractivity contribution in [2.24, 2.45) is 0 Å². The molecule has 0 radical (unpaired) electrons. The van der Waals surface area contributed by atoms with Crippen LogP contribution in [0, 0.1) is 0 Å². The molecule has 0 aliphatic carbocycles. The van der Waals surface area contributed by atoms with Gasteiger partial charge in [0.2, 0.25) is 0 Å². The van der Waals surface area contributed by atoms with Gasteiger partial charge in [-0.2, -0.15) is 0 Å². The van der Waals surface area contributed by atoms with Gasteiger partial charge in [0.05, 0.1) is 5.69 Å². The molecule has 1 heterocycles. The summed E-state index contributed by atoms with van der Waals surface area (Å²) in [7, 11) is 0. The molecule has 84 valence electrons. The monoisotopic (exact) mass is 233 g/mol. The number of hydrogen-bond donors (Lipinski definition) is 2. The predicted molar refractivity (Wildman–Crippen MR) is 68.2 cm³/mol. The average molecular weight is 233 g/mol. The third-order valence-corrected chi connectivity index (χ3v) is 3.18. The summed E-state index contributed by atoms with van der Waals surface area (Å²) in [4.78, 5) is 4.21. The van der Waals surface area contributed by atoms with Gasteiger partial charge in [-0.05, 0) is 12.5 Å². The summed E-state index contributed by atoms with van der Waals surface area (Å²) in [5.41, 5.74) is 7.86. The van der Waals surface area contributed by atoms with Crippen LogP contribution in [0.3, 0.4) is 0 Å². The van der Waals surface area contributed by atoms with Crippen molar-refractivity contribution in [3.63, 3.8) is 0 Å². The zero-order valence-corrected chi connectivity index (χ0v) is 10.00. The Morgan fingerprint density at radius 1 is 1.38 bits per heavy atom. The Morgan fingerprint density at radius 2 is 2.12 bits per heavy atom. The average Bonchev–Trinajstić information content (AvgIpc) is 2.73. The molecule has 2 rings (SSSR count). The first-order chi connectivity index (χ1) is 7.75. The minimum atomic E-state index is 0.323. The van der Waals surface area contributed by atoms with Crippen molar-refractivity contribution in [3.8, 4) is 0 Å². The summed E-state index contributed by atoms with van der Waals surface area (Å²) in [5.74, 6) is 0. The lowest BCUT2D eigenvalue weighted by Crippen LogP contribution is -2.18. The molecule has 16 heavy (non-hydrogen) atoms. The highest BCUT2D eigenvalue weighted by atomic mass is 32.1. The number of anilines is 1. The first-order valence-corrected chi connectivity index (χ1v) is 6.12. The molecule has 0 aliphatic heterocycles. The van der Waals surface area contributed by atoms with E-state index in [-0.39, 0.29) is 0 Å². The summed E-state index contributed by atoms with van der Waals surface area (Å²) in [5, 5.41) is 6.03. The molecule has 1 aromatic carbocycles. The van der Waals surface area contributed by atoms with Crippen molar-refractivity contribution in [1.29, 1.82) is 0 Å². The van der Waals surface area contributed by atoms with Gasteiger partial charge >= 0.3 is 0 Å². The largest absolute Gasteiger partial charge is 0.375 e. The number of thiazole rings is 1. The Labute approximate surface area is 99.3 Å². The van der Waals surface area contributed by atoms with E-state index in [0.29, 0.717) is 11.2 Å². The molecule has 1 aromatic heterocycles. The summed E-state index contributed by atoms with van der Waals surface area (Å²) in [6.45, 7) is 2.90. The number of nitrogen functional groups attached to an aromatic ring is 1. The van der Waals surface area contributed by atoms with Crippen molar-refractivity contribution in [3.05, 3.63) is 47.0 Å². The van der Waals surface area contributed by atoms with Crippen LogP contribution in [0.15, 0.2) is 35.7 Å². The second kappa shape index (κ2) is 5.09. The molecule has 3 nitrogen and oxygen atoms in total. The van der Waals surface area contributed by atoms with E-state index >= 15 is 0 Å².